The first-order valence-corrected chi connectivity index (χ1v) is 6.75. The lowest BCUT2D eigenvalue weighted by molar-refractivity contribution is 0.201. The number of fused-ring (bicyclic) bond motifs is 1. The van der Waals surface area contributed by atoms with Crippen molar-refractivity contribution in [3.63, 3.8) is 0 Å². The molecule has 23 heavy (non-hydrogen) atoms. The Labute approximate surface area is 130 Å². The van der Waals surface area contributed by atoms with Gasteiger partial charge in [-0.2, -0.15) is 4.98 Å². The van der Waals surface area contributed by atoms with Gasteiger partial charge in [0.15, 0.2) is 5.82 Å². The van der Waals surface area contributed by atoms with E-state index in [4.69, 9.17) is 0 Å². The summed E-state index contributed by atoms with van der Waals surface area (Å²) in [5, 5.41) is 19.8. The lowest BCUT2D eigenvalue weighted by Gasteiger charge is -2.18. The average Bonchev–Trinajstić information content (AvgIpc) is 2.53. The maximum Gasteiger partial charge on any atom is 0.412 e. The summed E-state index contributed by atoms with van der Waals surface area (Å²) in [5.74, 6) is -0.526. The summed E-state index contributed by atoms with van der Waals surface area (Å²) in [4.78, 5) is 20.6. The first kappa shape index (κ1) is 14.7. The minimum absolute atomic E-state index is 0.146. The Balaban J connectivity index is 1.97. The molecule has 0 radical (unpaired) electrons. The van der Waals surface area contributed by atoms with E-state index in [1.165, 1.54) is 24.3 Å². The highest BCUT2D eigenvalue weighted by Gasteiger charge is 2.17. The highest BCUT2D eigenvalue weighted by atomic mass is 19.1. The maximum absolute atomic E-state index is 13.0. The van der Waals surface area contributed by atoms with Gasteiger partial charge in [0.25, 0.3) is 0 Å². The number of halogens is 1. The number of hydrogen-bond acceptors (Lipinski definition) is 4. The molecule has 1 aromatic heterocycles. The van der Waals surface area contributed by atoms with Crippen molar-refractivity contribution in [1.82, 2.24) is 9.97 Å². The van der Waals surface area contributed by atoms with E-state index in [1.807, 2.05) is 0 Å². The molecule has 7 heteroatoms. The van der Waals surface area contributed by atoms with Crippen LogP contribution in [0.25, 0.3) is 10.9 Å². The number of carboxylic acid groups (broad SMARTS) is 1. The third-order valence-electron chi connectivity index (χ3n) is 3.30. The van der Waals surface area contributed by atoms with Crippen molar-refractivity contribution in [3.8, 4) is 5.88 Å². The lowest BCUT2D eigenvalue weighted by atomic mass is 10.2. The largest absolute Gasteiger partial charge is 0.493 e. The summed E-state index contributed by atoms with van der Waals surface area (Å²) >= 11 is 0. The molecule has 6 nitrogen and oxygen atoms in total. The molecule has 0 bridgehead atoms. The minimum Gasteiger partial charge on any atom is -0.493 e. The number of amides is 1. The number of carbonyl (C=O) groups is 1. The van der Waals surface area contributed by atoms with Gasteiger partial charge in [-0.25, -0.2) is 14.2 Å². The number of anilines is 1. The summed E-state index contributed by atoms with van der Waals surface area (Å²) < 4.78 is 13.0. The van der Waals surface area contributed by atoms with Crippen LogP contribution >= 0.6 is 0 Å². The van der Waals surface area contributed by atoms with E-state index < -0.39 is 11.9 Å². The fourth-order valence-corrected chi connectivity index (χ4v) is 2.21. The SMILES string of the molecule is O=C(O)N(Cc1nc(O)c2ccccc2n1)c1ccc(F)cc1. The summed E-state index contributed by atoms with van der Waals surface area (Å²) in [5.41, 5.74) is 0.801. The predicted octanol–water partition coefficient (Wildman–Crippen LogP) is 3.16. The standard InChI is InChI=1S/C16H12FN3O3/c17-10-5-7-11(8-6-10)20(16(22)23)9-14-18-13-4-2-1-3-12(13)15(21)19-14/h1-8H,9H2,(H,22,23)(H,18,19,21). The van der Waals surface area contributed by atoms with Crippen LogP contribution in [0.1, 0.15) is 5.82 Å². The van der Waals surface area contributed by atoms with E-state index in [9.17, 15) is 19.4 Å². The van der Waals surface area contributed by atoms with Crippen LogP contribution < -0.4 is 4.90 Å². The molecule has 0 aliphatic heterocycles. The van der Waals surface area contributed by atoms with Gasteiger partial charge >= 0.3 is 6.09 Å². The Morgan fingerprint density at radius 2 is 1.78 bits per heavy atom. The maximum atomic E-state index is 13.0. The zero-order chi connectivity index (χ0) is 16.4. The average molecular weight is 313 g/mol. The molecule has 1 heterocycles. The van der Waals surface area contributed by atoms with Crippen molar-refractivity contribution in [2.45, 2.75) is 6.54 Å². The molecule has 116 valence electrons. The van der Waals surface area contributed by atoms with Gasteiger partial charge in [-0.15, -0.1) is 0 Å². The van der Waals surface area contributed by atoms with Gasteiger partial charge in [-0.05, 0) is 36.4 Å². The molecule has 0 saturated heterocycles. The Bertz CT molecular complexity index is 868. The second-order valence-electron chi connectivity index (χ2n) is 4.83. The van der Waals surface area contributed by atoms with Crippen molar-refractivity contribution < 1.29 is 19.4 Å². The molecule has 0 atom stereocenters. The van der Waals surface area contributed by atoms with Gasteiger partial charge in [-0.3, -0.25) is 4.90 Å². The molecular formula is C16H12FN3O3. The van der Waals surface area contributed by atoms with Crippen LogP contribution in [0.3, 0.4) is 0 Å². The number of rotatable bonds is 3. The van der Waals surface area contributed by atoms with Gasteiger partial charge in [0.1, 0.15) is 5.82 Å². The molecule has 0 saturated carbocycles. The number of hydrogen-bond donors (Lipinski definition) is 2. The molecule has 2 aromatic carbocycles. The monoisotopic (exact) mass is 313 g/mol. The molecule has 3 rings (SSSR count). The van der Waals surface area contributed by atoms with Crippen LogP contribution in [0, 0.1) is 5.82 Å². The second kappa shape index (κ2) is 5.88. The van der Waals surface area contributed by atoms with Crippen molar-refractivity contribution in [2.24, 2.45) is 0 Å². The van der Waals surface area contributed by atoms with E-state index in [0.717, 1.165) is 4.90 Å². The predicted molar refractivity (Wildman–Crippen MR) is 81.8 cm³/mol. The van der Waals surface area contributed by atoms with Crippen molar-refractivity contribution in [3.05, 3.63) is 60.2 Å². The first-order valence-electron chi connectivity index (χ1n) is 6.75. The molecule has 0 unspecified atom stereocenters. The first-order chi connectivity index (χ1) is 11.0. The minimum atomic E-state index is -1.23. The van der Waals surface area contributed by atoms with E-state index >= 15 is 0 Å². The third-order valence-corrected chi connectivity index (χ3v) is 3.30. The zero-order valence-electron chi connectivity index (χ0n) is 11.8. The van der Waals surface area contributed by atoms with Gasteiger partial charge in [0, 0.05) is 5.69 Å². The quantitative estimate of drug-likeness (QED) is 0.775. The lowest BCUT2D eigenvalue weighted by Crippen LogP contribution is -2.29. The number of para-hydroxylation sites is 1. The van der Waals surface area contributed by atoms with Gasteiger partial charge in [0.05, 0.1) is 17.4 Å². The molecule has 0 spiro atoms. The van der Waals surface area contributed by atoms with Crippen molar-refractivity contribution >= 4 is 22.7 Å². The van der Waals surface area contributed by atoms with Crippen LogP contribution in [0.4, 0.5) is 14.9 Å². The van der Waals surface area contributed by atoms with E-state index in [2.05, 4.69) is 9.97 Å². The summed E-state index contributed by atoms with van der Waals surface area (Å²) in [6, 6.07) is 11.9. The van der Waals surface area contributed by atoms with E-state index in [1.54, 1.807) is 24.3 Å². The second-order valence-corrected chi connectivity index (χ2v) is 4.83. The normalized spacial score (nSPS) is 10.7. The van der Waals surface area contributed by atoms with Gasteiger partial charge < -0.3 is 10.2 Å². The molecule has 3 aromatic rings. The van der Waals surface area contributed by atoms with Crippen LogP contribution in [0.5, 0.6) is 5.88 Å². The van der Waals surface area contributed by atoms with Crippen LogP contribution in [-0.2, 0) is 6.54 Å². The molecular weight excluding hydrogens is 301 g/mol. The van der Waals surface area contributed by atoms with Gasteiger partial charge in [-0.1, -0.05) is 12.1 Å². The molecule has 2 N–H and O–H groups in total. The highest BCUT2D eigenvalue weighted by Crippen LogP contribution is 2.22. The summed E-state index contributed by atoms with van der Waals surface area (Å²) in [7, 11) is 0. The van der Waals surface area contributed by atoms with Crippen LogP contribution in [0.15, 0.2) is 48.5 Å². The molecule has 0 aliphatic rings. The Morgan fingerprint density at radius 1 is 1.09 bits per heavy atom. The van der Waals surface area contributed by atoms with E-state index in [0.29, 0.717) is 10.9 Å². The number of aromatic nitrogens is 2. The number of benzene rings is 2. The fraction of sp³-hybridized carbons (Fsp3) is 0.0625. The topological polar surface area (TPSA) is 86.5 Å². The van der Waals surface area contributed by atoms with E-state index in [-0.39, 0.29) is 23.9 Å². The number of aromatic hydroxyl groups is 1. The van der Waals surface area contributed by atoms with Crippen LogP contribution in [0.2, 0.25) is 0 Å². The smallest absolute Gasteiger partial charge is 0.412 e. The van der Waals surface area contributed by atoms with Crippen molar-refractivity contribution in [1.29, 1.82) is 0 Å². The fourth-order valence-electron chi connectivity index (χ4n) is 2.21. The van der Waals surface area contributed by atoms with Crippen LogP contribution in [-0.4, -0.2) is 26.3 Å². The highest BCUT2D eigenvalue weighted by molar-refractivity contribution is 5.86. The molecule has 1 amide bonds. The molecule has 0 fully saturated rings. The molecule has 0 aliphatic carbocycles. The number of nitrogens with zero attached hydrogens (tertiary/aromatic N) is 3. The Hall–Kier alpha value is -3.22. The Morgan fingerprint density at radius 3 is 2.48 bits per heavy atom. The zero-order valence-corrected chi connectivity index (χ0v) is 11.8. The summed E-state index contributed by atoms with van der Waals surface area (Å²) in [6.07, 6.45) is -1.23. The van der Waals surface area contributed by atoms with Crippen molar-refractivity contribution in [2.75, 3.05) is 4.90 Å². The third kappa shape index (κ3) is 3.03. The van der Waals surface area contributed by atoms with Gasteiger partial charge in [0.2, 0.25) is 5.88 Å². The Kier molecular flexibility index (Phi) is 3.76. The summed E-state index contributed by atoms with van der Waals surface area (Å²) in [6.45, 7) is -0.167.